The van der Waals surface area contributed by atoms with Gasteiger partial charge in [0.15, 0.2) is 11.5 Å². The summed E-state index contributed by atoms with van der Waals surface area (Å²) in [4.78, 5) is 23.6. The summed E-state index contributed by atoms with van der Waals surface area (Å²) in [5.41, 5.74) is 2.68. The molecule has 0 radical (unpaired) electrons. The second kappa shape index (κ2) is 9.60. The molecule has 176 valence electrons. The maximum absolute atomic E-state index is 13.1. The van der Waals surface area contributed by atoms with Gasteiger partial charge in [-0.2, -0.15) is 0 Å². The molecule has 9 nitrogen and oxygen atoms in total. The third-order valence-electron chi connectivity index (χ3n) is 5.51. The van der Waals surface area contributed by atoms with Crippen molar-refractivity contribution in [3.05, 3.63) is 93.5 Å². The molecular formula is C26H22N4O5. The lowest BCUT2D eigenvalue weighted by Crippen LogP contribution is -2.13. The van der Waals surface area contributed by atoms with Crippen LogP contribution in [0.25, 0.3) is 10.8 Å². The number of non-ortho nitro benzene ring substituents is 1. The van der Waals surface area contributed by atoms with Crippen molar-refractivity contribution in [2.24, 2.45) is 10.2 Å². The van der Waals surface area contributed by atoms with Crippen molar-refractivity contribution >= 4 is 39.4 Å². The number of ether oxygens (including phenoxy) is 1. The number of nitrogens with zero attached hydrogens (tertiary/aromatic N) is 3. The highest BCUT2D eigenvalue weighted by molar-refractivity contribution is 6.12. The maximum Gasteiger partial charge on any atom is 0.273 e. The van der Waals surface area contributed by atoms with E-state index in [1.54, 1.807) is 18.2 Å². The zero-order chi connectivity index (χ0) is 25.1. The normalized spacial score (nSPS) is 11.1. The first-order valence-electron chi connectivity index (χ1n) is 10.7. The Morgan fingerprint density at radius 3 is 2.51 bits per heavy atom. The van der Waals surface area contributed by atoms with Crippen LogP contribution < -0.4 is 10.1 Å². The smallest absolute Gasteiger partial charge is 0.273 e. The van der Waals surface area contributed by atoms with Gasteiger partial charge < -0.3 is 15.2 Å². The molecule has 0 unspecified atom stereocenters. The first-order chi connectivity index (χ1) is 16.8. The standard InChI is InChI=1S/C26H22N4O5/c1-15-8-10-19-17(12-15)13-20(26(32)27-21-7-5-4-6-16(21)2)25(31)24(19)29-28-22-11-9-18(30(33)34)14-23(22)35-3/h4-14,31H,1-3H3,(H,27,32). The number of amides is 1. The van der Waals surface area contributed by atoms with Gasteiger partial charge in [-0.15, -0.1) is 10.2 Å². The minimum absolute atomic E-state index is 0.0379. The van der Waals surface area contributed by atoms with Crippen molar-refractivity contribution in [3.63, 3.8) is 0 Å². The van der Waals surface area contributed by atoms with Crippen LogP contribution in [0.15, 0.2) is 77.0 Å². The molecule has 0 saturated heterocycles. The van der Waals surface area contributed by atoms with Gasteiger partial charge in [0.25, 0.3) is 11.6 Å². The number of nitrogens with one attached hydrogen (secondary N) is 1. The van der Waals surface area contributed by atoms with Crippen molar-refractivity contribution in [2.45, 2.75) is 13.8 Å². The van der Waals surface area contributed by atoms with Crippen molar-refractivity contribution < 1.29 is 19.6 Å². The van der Waals surface area contributed by atoms with E-state index in [2.05, 4.69) is 15.5 Å². The van der Waals surface area contributed by atoms with E-state index in [1.165, 1.54) is 25.3 Å². The van der Waals surface area contributed by atoms with Crippen LogP contribution in [-0.4, -0.2) is 23.0 Å². The van der Waals surface area contributed by atoms with Crippen LogP contribution in [-0.2, 0) is 0 Å². The van der Waals surface area contributed by atoms with Gasteiger partial charge in [-0.25, -0.2) is 0 Å². The molecule has 0 aliphatic carbocycles. The Bertz CT molecular complexity index is 1500. The number of carbonyl (C=O) groups is 1. The molecule has 0 spiro atoms. The largest absolute Gasteiger partial charge is 0.505 e. The summed E-state index contributed by atoms with van der Waals surface area (Å²) in [6.45, 7) is 3.79. The van der Waals surface area contributed by atoms with Gasteiger partial charge in [0.2, 0.25) is 0 Å². The van der Waals surface area contributed by atoms with Gasteiger partial charge in [-0.3, -0.25) is 14.9 Å². The second-order valence-electron chi connectivity index (χ2n) is 7.93. The molecule has 4 aromatic rings. The number of methoxy groups -OCH3 is 1. The Kier molecular flexibility index (Phi) is 6.41. The van der Waals surface area contributed by atoms with E-state index in [9.17, 15) is 20.0 Å². The summed E-state index contributed by atoms with van der Waals surface area (Å²) < 4.78 is 5.21. The van der Waals surface area contributed by atoms with E-state index in [0.717, 1.165) is 11.1 Å². The number of aromatic hydroxyl groups is 1. The number of nitro benzene ring substituents is 1. The number of nitro groups is 1. The molecule has 0 fully saturated rings. The predicted molar refractivity (Wildman–Crippen MR) is 133 cm³/mol. The van der Waals surface area contributed by atoms with Crippen molar-refractivity contribution in [2.75, 3.05) is 12.4 Å². The number of para-hydroxylation sites is 1. The Morgan fingerprint density at radius 2 is 1.80 bits per heavy atom. The van der Waals surface area contributed by atoms with E-state index in [4.69, 9.17) is 4.74 Å². The zero-order valence-corrected chi connectivity index (χ0v) is 19.3. The lowest BCUT2D eigenvalue weighted by atomic mass is 10.0. The molecule has 0 atom stereocenters. The highest BCUT2D eigenvalue weighted by atomic mass is 16.6. The molecule has 0 aliphatic rings. The second-order valence-corrected chi connectivity index (χ2v) is 7.93. The van der Waals surface area contributed by atoms with Crippen LogP contribution in [0, 0.1) is 24.0 Å². The number of fused-ring (bicyclic) bond motifs is 1. The van der Waals surface area contributed by atoms with Gasteiger partial charge in [0.1, 0.15) is 11.4 Å². The highest BCUT2D eigenvalue weighted by Gasteiger charge is 2.20. The van der Waals surface area contributed by atoms with Gasteiger partial charge in [0, 0.05) is 17.1 Å². The summed E-state index contributed by atoms with van der Waals surface area (Å²) in [7, 11) is 1.37. The number of azo groups is 1. The quantitative estimate of drug-likeness (QED) is 0.183. The molecule has 0 aliphatic heterocycles. The number of benzene rings is 4. The Morgan fingerprint density at radius 1 is 1.03 bits per heavy atom. The van der Waals surface area contributed by atoms with Crippen molar-refractivity contribution in [1.29, 1.82) is 0 Å². The average molecular weight is 470 g/mol. The van der Waals surface area contributed by atoms with Crippen molar-refractivity contribution in [3.8, 4) is 11.5 Å². The molecule has 0 heterocycles. The van der Waals surface area contributed by atoms with Crippen LogP contribution in [0.5, 0.6) is 11.5 Å². The number of hydrogen-bond acceptors (Lipinski definition) is 7. The minimum atomic E-state index is -0.540. The molecule has 35 heavy (non-hydrogen) atoms. The topological polar surface area (TPSA) is 126 Å². The first-order valence-corrected chi connectivity index (χ1v) is 10.7. The Hall–Kier alpha value is -4.79. The molecule has 9 heteroatoms. The summed E-state index contributed by atoms with van der Waals surface area (Å²) in [5, 5.41) is 34.6. The molecule has 0 bridgehead atoms. The van der Waals surface area contributed by atoms with Gasteiger partial charge in [-0.05, 0) is 43.0 Å². The summed E-state index contributed by atoms with van der Waals surface area (Å²) in [5.74, 6) is -0.683. The molecule has 0 saturated carbocycles. The molecule has 0 aromatic heterocycles. The fraction of sp³-hybridized carbons (Fsp3) is 0.115. The van der Waals surface area contributed by atoms with Gasteiger partial charge in [-0.1, -0.05) is 42.0 Å². The van der Waals surface area contributed by atoms with Crippen LogP contribution >= 0.6 is 0 Å². The van der Waals surface area contributed by atoms with Crippen LogP contribution in [0.4, 0.5) is 22.7 Å². The van der Waals surface area contributed by atoms with E-state index >= 15 is 0 Å². The average Bonchev–Trinajstić information content (AvgIpc) is 2.84. The summed E-state index contributed by atoms with van der Waals surface area (Å²) in [6, 6.07) is 18.4. The number of carbonyl (C=O) groups excluding carboxylic acids is 1. The lowest BCUT2D eigenvalue weighted by molar-refractivity contribution is -0.384. The lowest BCUT2D eigenvalue weighted by Gasteiger charge is -2.13. The third-order valence-corrected chi connectivity index (χ3v) is 5.51. The Balaban J connectivity index is 1.82. The highest BCUT2D eigenvalue weighted by Crippen LogP contribution is 2.41. The van der Waals surface area contributed by atoms with E-state index in [1.807, 2.05) is 44.2 Å². The Labute approximate surface area is 200 Å². The van der Waals surface area contributed by atoms with E-state index in [-0.39, 0.29) is 34.1 Å². The number of phenolic OH excluding ortho intramolecular Hbond substituents is 1. The number of hydrogen-bond donors (Lipinski definition) is 2. The molecule has 4 aromatic carbocycles. The number of rotatable bonds is 6. The van der Waals surface area contributed by atoms with E-state index in [0.29, 0.717) is 16.5 Å². The molecule has 1 amide bonds. The maximum atomic E-state index is 13.1. The fourth-order valence-electron chi connectivity index (χ4n) is 3.64. The number of phenols is 1. The van der Waals surface area contributed by atoms with Gasteiger partial charge >= 0.3 is 0 Å². The van der Waals surface area contributed by atoms with Gasteiger partial charge in [0.05, 0.1) is 23.7 Å². The summed E-state index contributed by atoms with van der Waals surface area (Å²) >= 11 is 0. The minimum Gasteiger partial charge on any atom is -0.505 e. The SMILES string of the molecule is COc1cc([N+](=O)[O-])ccc1N=Nc1c(O)c(C(=O)Nc2ccccc2C)cc2cc(C)ccc12. The number of aryl methyl sites for hydroxylation is 2. The predicted octanol–water partition coefficient (Wildman–Crippen LogP) is 6.75. The molecule has 4 rings (SSSR count). The van der Waals surface area contributed by atoms with E-state index < -0.39 is 10.8 Å². The molecular weight excluding hydrogens is 448 g/mol. The van der Waals surface area contributed by atoms with Crippen molar-refractivity contribution in [1.82, 2.24) is 0 Å². The van der Waals surface area contributed by atoms with Crippen LogP contribution in [0.1, 0.15) is 21.5 Å². The third kappa shape index (κ3) is 4.79. The van der Waals surface area contributed by atoms with Crippen LogP contribution in [0.2, 0.25) is 0 Å². The zero-order valence-electron chi connectivity index (χ0n) is 19.3. The van der Waals surface area contributed by atoms with Crippen LogP contribution in [0.3, 0.4) is 0 Å². The molecule has 2 N–H and O–H groups in total. The number of anilines is 1. The monoisotopic (exact) mass is 470 g/mol. The first kappa shape index (κ1) is 23.4. The summed E-state index contributed by atoms with van der Waals surface area (Å²) in [6.07, 6.45) is 0. The fourth-order valence-corrected chi connectivity index (χ4v) is 3.64.